The van der Waals surface area contributed by atoms with Crippen LogP contribution in [0, 0.1) is 0 Å². The number of amides is 3. The number of carbonyl (C=O) groups is 3. The fraction of sp³-hybridized carbons (Fsp3) is 0.353. The molecular weight excluding hydrogens is 332 g/mol. The van der Waals surface area contributed by atoms with Gasteiger partial charge in [-0.2, -0.15) is 0 Å². The Labute approximate surface area is 144 Å². The number of benzene rings is 1. The van der Waals surface area contributed by atoms with Crippen LogP contribution in [0.5, 0.6) is 0 Å². The van der Waals surface area contributed by atoms with Crippen LogP contribution in [0.2, 0.25) is 0 Å². The predicted molar refractivity (Wildman–Crippen MR) is 89.2 cm³/mol. The molecule has 7 heteroatoms. The highest BCUT2D eigenvalue weighted by Crippen LogP contribution is 2.33. The summed E-state index contributed by atoms with van der Waals surface area (Å²) in [6.45, 7) is 2.29. The third kappa shape index (κ3) is 3.20. The van der Waals surface area contributed by atoms with E-state index in [0.717, 1.165) is 17.7 Å². The molecule has 1 fully saturated rings. The van der Waals surface area contributed by atoms with Crippen molar-refractivity contribution in [1.29, 1.82) is 0 Å². The maximum absolute atomic E-state index is 12.6. The zero-order chi connectivity index (χ0) is 17.3. The molecule has 1 saturated heterocycles. The van der Waals surface area contributed by atoms with E-state index in [1.54, 1.807) is 24.3 Å². The van der Waals surface area contributed by atoms with E-state index < -0.39 is 11.8 Å². The van der Waals surface area contributed by atoms with Gasteiger partial charge in [-0.15, -0.1) is 0 Å². The van der Waals surface area contributed by atoms with E-state index in [2.05, 4.69) is 5.32 Å². The fourth-order valence-corrected chi connectivity index (χ4v) is 3.17. The van der Waals surface area contributed by atoms with Gasteiger partial charge >= 0.3 is 0 Å². The SMILES string of the molecule is CC(=O)Nc1ccc(C2=C(Cl)C(=O)N(CC3CCCO3)C2=O)cc1. The summed E-state index contributed by atoms with van der Waals surface area (Å²) >= 11 is 6.12. The third-order valence-corrected chi connectivity index (χ3v) is 4.37. The lowest BCUT2D eigenvalue weighted by molar-refractivity contribution is -0.138. The molecule has 1 atom stereocenters. The van der Waals surface area contributed by atoms with Gasteiger partial charge in [0.2, 0.25) is 5.91 Å². The molecule has 1 N–H and O–H groups in total. The zero-order valence-corrected chi connectivity index (χ0v) is 13.9. The number of rotatable bonds is 4. The van der Waals surface area contributed by atoms with Gasteiger partial charge in [0.25, 0.3) is 11.8 Å². The molecule has 0 radical (unpaired) electrons. The Hall–Kier alpha value is -2.18. The van der Waals surface area contributed by atoms with Crippen LogP contribution in [0.15, 0.2) is 29.3 Å². The lowest BCUT2D eigenvalue weighted by Gasteiger charge is -2.18. The molecule has 3 rings (SSSR count). The summed E-state index contributed by atoms with van der Waals surface area (Å²) in [7, 11) is 0. The molecule has 0 spiro atoms. The lowest BCUT2D eigenvalue weighted by atomic mass is 10.1. The van der Waals surface area contributed by atoms with Gasteiger partial charge in [0.15, 0.2) is 0 Å². The molecule has 126 valence electrons. The number of nitrogens with zero attached hydrogens (tertiary/aromatic N) is 1. The molecule has 6 nitrogen and oxygen atoms in total. The van der Waals surface area contributed by atoms with Crippen molar-refractivity contribution < 1.29 is 19.1 Å². The minimum absolute atomic E-state index is 0.0784. The van der Waals surface area contributed by atoms with Crippen molar-refractivity contribution in [3.05, 3.63) is 34.9 Å². The molecule has 2 heterocycles. The molecule has 0 aromatic heterocycles. The van der Waals surface area contributed by atoms with Gasteiger partial charge in [0, 0.05) is 19.2 Å². The van der Waals surface area contributed by atoms with Crippen LogP contribution in [0.3, 0.4) is 0 Å². The van der Waals surface area contributed by atoms with Gasteiger partial charge in [0.05, 0.1) is 18.2 Å². The average molecular weight is 349 g/mol. The van der Waals surface area contributed by atoms with E-state index in [0.29, 0.717) is 17.9 Å². The van der Waals surface area contributed by atoms with Gasteiger partial charge in [-0.25, -0.2) is 0 Å². The smallest absolute Gasteiger partial charge is 0.273 e. The largest absolute Gasteiger partial charge is 0.376 e. The fourth-order valence-electron chi connectivity index (χ4n) is 2.88. The molecule has 0 saturated carbocycles. The second kappa shape index (κ2) is 6.75. The highest BCUT2D eigenvalue weighted by molar-refractivity contribution is 6.55. The first-order valence-corrected chi connectivity index (χ1v) is 8.11. The highest BCUT2D eigenvalue weighted by Gasteiger charge is 2.39. The molecular formula is C17H17ClN2O4. The van der Waals surface area contributed by atoms with E-state index >= 15 is 0 Å². The standard InChI is InChI=1S/C17H17ClN2O4/c1-10(21)19-12-6-4-11(5-7-12)14-15(18)17(23)20(16(14)22)9-13-3-2-8-24-13/h4-7,13H,2-3,8-9H2,1H3,(H,19,21). The second-order valence-corrected chi connectivity index (χ2v) is 6.18. The average Bonchev–Trinajstić information content (AvgIpc) is 3.12. The number of imide groups is 1. The first-order chi connectivity index (χ1) is 11.5. The molecule has 0 aliphatic carbocycles. The molecule has 0 bridgehead atoms. The zero-order valence-electron chi connectivity index (χ0n) is 13.2. The number of carbonyl (C=O) groups excluding carboxylic acids is 3. The summed E-state index contributed by atoms with van der Waals surface area (Å²) in [5.74, 6) is -1.08. The summed E-state index contributed by atoms with van der Waals surface area (Å²) in [6, 6.07) is 6.64. The van der Waals surface area contributed by atoms with E-state index in [1.165, 1.54) is 6.92 Å². The first kappa shape index (κ1) is 16.7. The summed E-state index contributed by atoms with van der Waals surface area (Å²) < 4.78 is 5.49. The van der Waals surface area contributed by atoms with E-state index in [1.807, 2.05) is 0 Å². The number of anilines is 1. The van der Waals surface area contributed by atoms with Crippen LogP contribution < -0.4 is 5.32 Å². The number of hydrogen-bond acceptors (Lipinski definition) is 4. The Morgan fingerprint density at radius 2 is 2.00 bits per heavy atom. The Balaban J connectivity index is 1.80. The van der Waals surface area contributed by atoms with E-state index in [9.17, 15) is 14.4 Å². The topological polar surface area (TPSA) is 75.7 Å². The molecule has 1 unspecified atom stereocenters. The van der Waals surface area contributed by atoms with Gasteiger partial charge in [-0.1, -0.05) is 23.7 Å². The van der Waals surface area contributed by atoms with Gasteiger partial charge in [0.1, 0.15) is 5.03 Å². The summed E-state index contributed by atoms with van der Waals surface area (Å²) in [5.41, 5.74) is 1.34. The van der Waals surface area contributed by atoms with Crippen LogP contribution >= 0.6 is 11.6 Å². The number of nitrogens with one attached hydrogen (secondary N) is 1. The second-order valence-electron chi connectivity index (χ2n) is 5.80. The molecule has 1 aromatic carbocycles. The van der Waals surface area contributed by atoms with Crippen LogP contribution in [-0.2, 0) is 19.1 Å². The van der Waals surface area contributed by atoms with Crippen molar-refractivity contribution in [2.75, 3.05) is 18.5 Å². The summed E-state index contributed by atoms with van der Waals surface area (Å²) in [4.78, 5) is 37.1. The summed E-state index contributed by atoms with van der Waals surface area (Å²) in [6.07, 6.45) is 1.64. The Morgan fingerprint density at radius 3 is 2.58 bits per heavy atom. The number of ether oxygens (including phenoxy) is 1. The molecule has 2 aliphatic heterocycles. The maximum atomic E-state index is 12.6. The van der Waals surface area contributed by atoms with Gasteiger partial charge < -0.3 is 10.1 Å². The summed E-state index contributed by atoms with van der Waals surface area (Å²) in [5, 5.41) is 2.57. The van der Waals surface area contributed by atoms with Crippen molar-refractivity contribution >= 4 is 40.6 Å². The minimum Gasteiger partial charge on any atom is -0.376 e. The minimum atomic E-state index is -0.488. The van der Waals surface area contributed by atoms with Crippen molar-refractivity contribution in [2.45, 2.75) is 25.9 Å². The highest BCUT2D eigenvalue weighted by atomic mass is 35.5. The Morgan fingerprint density at radius 1 is 1.29 bits per heavy atom. The van der Waals surface area contributed by atoms with Crippen LogP contribution in [-0.4, -0.2) is 41.9 Å². The maximum Gasteiger partial charge on any atom is 0.273 e. The Kier molecular flexibility index (Phi) is 4.69. The third-order valence-electron chi connectivity index (χ3n) is 4.02. The van der Waals surface area contributed by atoms with Crippen molar-refractivity contribution in [3.63, 3.8) is 0 Å². The molecule has 3 amide bonds. The van der Waals surface area contributed by atoms with Gasteiger partial charge in [-0.3, -0.25) is 19.3 Å². The van der Waals surface area contributed by atoms with Crippen LogP contribution in [0.1, 0.15) is 25.3 Å². The normalized spacial score (nSPS) is 20.9. The quantitative estimate of drug-likeness (QED) is 0.846. The van der Waals surface area contributed by atoms with E-state index in [-0.39, 0.29) is 29.2 Å². The van der Waals surface area contributed by atoms with Crippen LogP contribution in [0.25, 0.3) is 5.57 Å². The van der Waals surface area contributed by atoms with Crippen LogP contribution in [0.4, 0.5) is 5.69 Å². The van der Waals surface area contributed by atoms with Crippen molar-refractivity contribution in [2.24, 2.45) is 0 Å². The first-order valence-electron chi connectivity index (χ1n) is 7.73. The lowest BCUT2D eigenvalue weighted by Crippen LogP contribution is -2.37. The van der Waals surface area contributed by atoms with Crippen molar-refractivity contribution in [1.82, 2.24) is 4.90 Å². The number of hydrogen-bond donors (Lipinski definition) is 1. The predicted octanol–water partition coefficient (Wildman–Crippen LogP) is 2.14. The monoisotopic (exact) mass is 348 g/mol. The Bertz CT molecular complexity index is 721. The van der Waals surface area contributed by atoms with E-state index in [4.69, 9.17) is 16.3 Å². The van der Waals surface area contributed by atoms with Crippen molar-refractivity contribution in [3.8, 4) is 0 Å². The molecule has 2 aliphatic rings. The molecule has 24 heavy (non-hydrogen) atoms. The van der Waals surface area contributed by atoms with Gasteiger partial charge in [-0.05, 0) is 30.5 Å². The molecule has 1 aromatic rings. The number of halogens is 1.